The number of ether oxygens (including phenoxy) is 2. The van der Waals surface area contributed by atoms with Crippen molar-refractivity contribution in [2.75, 3.05) is 54.1 Å². The summed E-state index contributed by atoms with van der Waals surface area (Å²) in [4.78, 5) is 25.3. The Labute approximate surface area is 452 Å². The second kappa shape index (κ2) is 55.9. The van der Waals surface area contributed by atoms with Crippen LogP contribution < -0.4 is 4.89 Å². The van der Waals surface area contributed by atoms with E-state index in [1.54, 1.807) is 0 Å². The maximum absolute atomic E-state index is 12.8. The predicted molar refractivity (Wildman–Crippen MR) is 314 cm³/mol. The molecule has 0 aliphatic heterocycles. The lowest BCUT2D eigenvalue weighted by molar-refractivity contribution is -0.870. The third-order valence-electron chi connectivity index (χ3n) is 12.9. The van der Waals surface area contributed by atoms with Crippen LogP contribution in [-0.2, 0) is 27.9 Å². The van der Waals surface area contributed by atoms with E-state index in [4.69, 9.17) is 18.5 Å². The van der Waals surface area contributed by atoms with Crippen molar-refractivity contribution in [1.82, 2.24) is 0 Å². The Morgan fingerprint density at radius 3 is 1.21 bits per heavy atom. The summed E-state index contributed by atoms with van der Waals surface area (Å²) in [6.07, 6.45) is 76.3. The van der Waals surface area contributed by atoms with E-state index in [2.05, 4.69) is 98.9 Å². The number of carbonyl (C=O) groups is 1. The number of likely N-dealkylation sites (N-methyl/N-ethyl adjacent to an activating group) is 1. The van der Waals surface area contributed by atoms with Gasteiger partial charge in [0.1, 0.15) is 19.3 Å². The summed E-state index contributed by atoms with van der Waals surface area (Å²) < 4.78 is 34.9. The van der Waals surface area contributed by atoms with Gasteiger partial charge in [0.25, 0.3) is 7.82 Å². The van der Waals surface area contributed by atoms with Crippen molar-refractivity contribution >= 4 is 13.8 Å². The van der Waals surface area contributed by atoms with Gasteiger partial charge >= 0.3 is 5.97 Å². The molecule has 0 saturated carbocycles. The summed E-state index contributed by atoms with van der Waals surface area (Å²) in [5, 5.41) is 0. The van der Waals surface area contributed by atoms with Crippen LogP contribution in [0.2, 0.25) is 0 Å². The van der Waals surface area contributed by atoms with Gasteiger partial charge in [0, 0.05) is 13.0 Å². The highest BCUT2D eigenvalue weighted by atomic mass is 31.2. The number of esters is 1. The summed E-state index contributed by atoms with van der Waals surface area (Å²) in [5.41, 5.74) is 0. The van der Waals surface area contributed by atoms with Crippen LogP contribution in [0.25, 0.3) is 0 Å². The Morgan fingerprint density at radius 2 is 0.795 bits per heavy atom. The van der Waals surface area contributed by atoms with Gasteiger partial charge in [-0.25, -0.2) is 0 Å². The molecule has 73 heavy (non-hydrogen) atoms. The molecule has 9 heteroatoms. The number of allylic oxidation sites excluding steroid dienone is 14. The van der Waals surface area contributed by atoms with Crippen LogP contribution in [0.15, 0.2) is 85.1 Å². The van der Waals surface area contributed by atoms with Gasteiger partial charge in [-0.2, -0.15) is 0 Å². The molecule has 0 amide bonds. The lowest BCUT2D eigenvalue weighted by Crippen LogP contribution is -2.37. The second-order valence-corrected chi connectivity index (χ2v) is 22.7. The largest absolute Gasteiger partial charge is 0.756 e. The van der Waals surface area contributed by atoms with E-state index >= 15 is 0 Å². The van der Waals surface area contributed by atoms with Crippen molar-refractivity contribution in [3.05, 3.63) is 85.1 Å². The molecule has 0 radical (unpaired) electrons. The molecule has 0 aromatic rings. The maximum Gasteiger partial charge on any atom is 0.306 e. The highest BCUT2D eigenvalue weighted by Gasteiger charge is 2.20. The number of carbonyl (C=O) groups excluding carboxylic acids is 1. The van der Waals surface area contributed by atoms with Crippen molar-refractivity contribution in [1.29, 1.82) is 0 Å². The van der Waals surface area contributed by atoms with Crippen molar-refractivity contribution in [2.45, 2.75) is 264 Å². The quantitative estimate of drug-likeness (QED) is 0.0197. The first-order chi connectivity index (χ1) is 35.6. The van der Waals surface area contributed by atoms with Crippen molar-refractivity contribution in [2.24, 2.45) is 0 Å². The van der Waals surface area contributed by atoms with E-state index in [1.807, 2.05) is 21.1 Å². The zero-order valence-electron chi connectivity index (χ0n) is 48.3. The molecule has 2 atom stereocenters. The van der Waals surface area contributed by atoms with Crippen LogP contribution in [0.4, 0.5) is 0 Å². The highest BCUT2D eigenvalue weighted by Crippen LogP contribution is 2.38. The molecule has 0 N–H and O–H groups in total. The van der Waals surface area contributed by atoms with Crippen molar-refractivity contribution in [3.8, 4) is 0 Å². The number of nitrogens with zero attached hydrogens (tertiary/aromatic N) is 1. The fourth-order valence-corrected chi connectivity index (χ4v) is 9.04. The number of phosphoric ester groups is 1. The minimum absolute atomic E-state index is 0.0196. The van der Waals surface area contributed by atoms with E-state index in [9.17, 15) is 14.3 Å². The van der Waals surface area contributed by atoms with Gasteiger partial charge < -0.3 is 27.9 Å². The zero-order chi connectivity index (χ0) is 53.3. The molecule has 0 rings (SSSR count). The number of unbranched alkanes of at least 4 members (excludes halogenated alkanes) is 28. The topological polar surface area (TPSA) is 94.1 Å². The lowest BCUT2D eigenvalue weighted by atomic mass is 10.0. The minimum atomic E-state index is -4.55. The van der Waals surface area contributed by atoms with E-state index in [1.165, 1.54) is 154 Å². The van der Waals surface area contributed by atoms with E-state index in [0.717, 1.165) is 83.5 Å². The summed E-state index contributed by atoms with van der Waals surface area (Å²) in [5.74, 6) is -0.348. The highest BCUT2D eigenvalue weighted by molar-refractivity contribution is 7.45. The maximum atomic E-state index is 12.8. The number of hydrogen-bond donors (Lipinski definition) is 0. The first-order valence-electron chi connectivity index (χ1n) is 30.3. The summed E-state index contributed by atoms with van der Waals surface area (Å²) >= 11 is 0. The van der Waals surface area contributed by atoms with Gasteiger partial charge in [-0.05, 0) is 89.9 Å². The number of rotatable bonds is 56. The average Bonchev–Trinajstić information content (AvgIpc) is 3.35. The summed E-state index contributed by atoms with van der Waals surface area (Å²) in [6, 6.07) is 0. The van der Waals surface area contributed by atoms with Crippen LogP contribution in [0.3, 0.4) is 0 Å². The van der Waals surface area contributed by atoms with Crippen molar-refractivity contribution in [3.63, 3.8) is 0 Å². The molecule has 424 valence electrons. The predicted octanol–water partition coefficient (Wildman–Crippen LogP) is 18.9. The molecule has 8 nitrogen and oxygen atoms in total. The van der Waals surface area contributed by atoms with Crippen molar-refractivity contribution < 1.29 is 37.3 Å². The standard InChI is InChI=1S/C64H116NO7P/c1-6-8-10-12-14-16-18-20-22-24-26-28-30-32-34-36-38-40-42-44-46-48-50-52-54-56-59-69-61-63(62-71-73(67,68)70-60-58-65(3,4)5)72-64(66)57-55-53-51-49-47-45-43-41-39-37-35-33-31-29-27-25-23-21-19-17-15-13-11-9-7-2/h9,11,15,17,21,23-24,26-27,29,33,35,39,41,63H,6-8,10,12-14,16,18-20,22,25,28,30-32,34,36-38,40,42-62H2,1-5H3/b11-9-,17-15-,23-21-,26-24-,29-27-,35-33-,41-39-. The Morgan fingerprint density at radius 1 is 0.438 bits per heavy atom. The first-order valence-corrected chi connectivity index (χ1v) is 31.8. The third kappa shape index (κ3) is 60.4. The van der Waals surface area contributed by atoms with Crippen LogP contribution >= 0.6 is 7.82 Å². The molecule has 0 aliphatic rings. The van der Waals surface area contributed by atoms with E-state index in [0.29, 0.717) is 24.1 Å². The van der Waals surface area contributed by atoms with Gasteiger partial charge in [-0.1, -0.05) is 247 Å². The molecular formula is C64H116NO7P. The fourth-order valence-electron chi connectivity index (χ4n) is 8.31. The van der Waals surface area contributed by atoms with Crippen LogP contribution in [0, 0.1) is 0 Å². The zero-order valence-corrected chi connectivity index (χ0v) is 49.2. The van der Waals surface area contributed by atoms with E-state index < -0.39 is 13.9 Å². The molecule has 0 bridgehead atoms. The molecular weight excluding hydrogens is 926 g/mol. The lowest BCUT2D eigenvalue weighted by Gasteiger charge is -2.28. The molecule has 0 aliphatic carbocycles. The minimum Gasteiger partial charge on any atom is -0.756 e. The van der Waals surface area contributed by atoms with Gasteiger partial charge in [0.2, 0.25) is 0 Å². The average molecular weight is 1040 g/mol. The van der Waals surface area contributed by atoms with Crippen LogP contribution in [-0.4, -0.2) is 70.7 Å². The fraction of sp³-hybridized carbons (Fsp3) is 0.766. The SMILES string of the molecule is CC/C=C\C/C=C\C/C=C\C/C=C\C/C=C\C/C=C\CCCCCCCCC(=O)OC(COCCCCCCCCCCCCCCCC/C=C\CCCCCCCCCC)COP(=O)([O-])OCC[N+](C)(C)C. The molecule has 0 fully saturated rings. The third-order valence-corrected chi connectivity index (χ3v) is 13.9. The van der Waals surface area contributed by atoms with Gasteiger partial charge in [0.15, 0.2) is 0 Å². The Hall–Kier alpha value is -2.32. The molecule has 0 heterocycles. The van der Waals surface area contributed by atoms with Gasteiger partial charge in [-0.3, -0.25) is 9.36 Å². The molecule has 0 spiro atoms. The molecule has 0 aromatic carbocycles. The summed E-state index contributed by atoms with van der Waals surface area (Å²) in [6.45, 7) is 5.30. The number of quaternary nitrogens is 1. The molecule has 2 unspecified atom stereocenters. The monoisotopic (exact) mass is 1040 g/mol. The molecule has 0 aromatic heterocycles. The number of hydrogen-bond acceptors (Lipinski definition) is 7. The Bertz CT molecular complexity index is 1440. The Balaban J connectivity index is 4.09. The van der Waals surface area contributed by atoms with Crippen LogP contribution in [0.5, 0.6) is 0 Å². The first kappa shape index (κ1) is 70.7. The second-order valence-electron chi connectivity index (χ2n) is 21.3. The number of phosphoric acid groups is 1. The Kier molecular flexibility index (Phi) is 54.1. The van der Waals surface area contributed by atoms with E-state index in [-0.39, 0.29) is 25.8 Å². The van der Waals surface area contributed by atoms with Crippen LogP contribution in [0.1, 0.15) is 258 Å². The smallest absolute Gasteiger partial charge is 0.306 e. The van der Waals surface area contributed by atoms with Gasteiger partial charge in [0.05, 0.1) is 34.4 Å². The van der Waals surface area contributed by atoms with Gasteiger partial charge in [-0.15, -0.1) is 0 Å². The molecule has 0 saturated heterocycles. The normalized spacial score (nSPS) is 14.0. The summed E-state index contributed by atoms with van der Waals surface area (Å²) in [7, 11) is 1.34.